The van der Waals surface area contributed by atoms with E-state index < -0.39 is 29.3 Å². The van der Waals surface area contributed by atoms with Crippen molar-refractivity contribution in [3.63, 3.8) is 0 Å². The fourth-order valence-corrected chi connectivity index (χ4v) is 4.74. The first kappa shape index (κ1) is 30.7. The number of aryl methyl sites for hydroxylation is 1. The Balaban J connectivity index is 2.53. The van der Waals surface area contributed by atoms with Gasteiger partial charge in [-0.2, -0.15) is 0 Å². The minimum absolute atomic E-state index is 0.108. The Morgan fingerprint density at radius 1 is 1.00 bits per heavy atom. The van der Waals surface area contributed by atoms with Gasteiger partial charge in [-0.3, -0.25) is 9.59 Å². The number of rotatable bonds is 9. The van der Waals surface area contributed by atoms with Crippen molar-refractivity contribution in [2.24, 2.45) is 5.92 Å². The lowest BCUT2D eigenvalue weighted by molar-refractivity contribution is -0.150. The Labute approximate surface area is 224 Å². The van der Waals surface area contributed by atoms with Crippen molar-refractivity contribution in [1.82, 2.24) is 15.5 Å². The van der Waals surface area contributed by atoms with Crippen LogP contribution in [0.2, 0.25) is 0 Å². The maximum atomic E-state index is 14.3. The lowest BCUT2D eigenvalue weighted by atomic mass is 9.89. The van der Waals surface area contributed by atoms with Gasteiger partial charge in [0.25, 0.3) is 0 Å². The summed E-state index contributed by atoms with van der Waals surface area (Å²) in [5, 5.41) is 6.06. The van der Waals surface area contributed by atoms with Gasteiger partial charge in [0.15, 0.2) is 0 Å². The highest BCUT2D eigenvalue weighted by Crippen LogP contribution is 2.33. The predicted molar refractivity (Wildman–Crippen MR) is 148 cm³/mol. The Morgan fingerprint density at radius 3 is 2.05 bits per heavy atom. The number of carbonyl (C=O) groups excluding carboxylic acids is 3. The first-order valence-corrected chi connectivity index (χ1v) is 13.9. The van der Waals surface area contributed by atoms with Crippen LogP contribution in [-0.2, 0) is 14.3 Å². The summed E-state index contributed by atoms with van der Waals surface area (Å²) >= 11 is 0. The van der Waals surface area contributed by atoms with E-state index in [4.69, 9.17) is 4.74 Å². The molecule has 208 valence electrons. The maximum Gasteiger partial charge on any atom is 0.408 e. The zero-order valence-corrected chi connectivity index (χ0v) is 24.4. The second-order valence-corrected chi connectivity index (χ2v) is 12.4. The van der Waals surface area contributed by atoms with E-state index in [9.17, 15) is 14.4 Å². The molecule has 0 bridgehead atoms. The van der Waals surface area contributed by atoms with Crippen LogP contribution in [0.4, 0.5) is 4.79 Å². The summed E-state index contributed by atoms with van der Waals surface area (Å²) in [7, 11) is 0. The van der Waals surface area contributed by atoms with Crippen LogP contribution in [0.5, 0.6) is 0 Å². The molecule has 0 aromatic heterocycles. The summed E-state index contributed by atoms with van der Waals surface area (Å²) in [4.78, 5) is 42.7. The molecule has 2 unspecified atom stereocenters. The Morgan fingerprint density at radius 2 is 1.57 bits per heavy atom. The number of benzene rings is 1. The van der Waals surface area contributed by atoms with Crippen molar-refractivity contribution < 1.29 is 19.1 Å². The number of amides is 3. The van der Waals surface area contributed by atoms with E-state index in [1.807, 2.05) is 65.8 Å². The summed E-state index contributed by atoms with van der Waals surface area (Å²) in [6.45, 7) is 17.1. The number of carbonyl (C=O) groups is 3. The van der Waals surface area contributed by atoms with Crippen molar-refractivity contribution in [3.05, 3.63) is 35.4 Å². The molecule has 1 aromatic rings. The van der Waals surface area contributed by atoms with Gasteiger partial charge >= 0.3 is 6.09 Å². The predicted octanol–water partition coefficient (Wildman–Crippen LogP) is 6.05. The van der Waals surface area contributed by atoms with Crippen LogP contribution in [0.15, 0.2) is 24.3 Å². The van der Waals surface area contributed by atoms with Crippen molar-refractivity contribution in [2.75, 3.05) is 0 Å². The molecule has 0 spiro atoms. The van der Waals surface area contributed by atoms with Crippen molar-refractivity contribution in [2.45, 2.75) is 130 Å². The summed E-state index contributed by atoms with van der Waals surface area (Å²) in [5.41, 5.74) is 0.490. The number of ether oxygens (including phenoxy) is 1. The SMILES string of the molecule is CCC(C)(C)N(C(=O)C(NC(=O)OC(C)(C)C)C(C)C)C(C(=O)NC1CCCCC1)c1ccc(C)cc1. The minimum Gasteiger partial charge on any atom is -0.444 e. The fraction of sp³-hybridized carbons (Fsp3) is 0.700. The van der Waals surface area contributed by atoms with Crippen molar-refractivity contribution in [1.29, 1.82) is 0 Å². The van der Waals surface area contributed by atoms with Crippen LogP contribution in [0, 0.1) is 12.8 Å². The van der Waals surface area contributed by atoms with Gasteiger partial charge < -0.3 is 20.3 Å². The molecule has 1 aliphatic rings. The number of hydrogen-bond donors (Lipinski definition) is 2. The molecule has 2 atom stereocenters. The first-order valence-electron chi connectivity index (χ1n) is 13.9. The molecule has 7 nitrogen and oxygen atoms in total. The standard InChI is InChI=1S/C30H49N3O4/c1-10-30(8,9)33(27(35)24(20(2)3)32-28(36)37-29(5,6)7)25(22-18-16-21(4)17-19-22)26(34)31-23-14-12-11-13-15-23/h16-20,23-25H,10-15H2,1-9H3,(H,31,34)(H,32,36). The third kappa shape index (κ3) is 8.75. The summed E-state index contributed by atoms with van der Waals surface area (Å²) in [6, 6.07) is 6.23. The highest BCUT2D eigenvalue weighted by atomic mass is 16.6. The van der Waals surface area contributed by atoms with Crippen LogP contribution in [0.3, 0.4) is 0 Å². The molecule has 2 rings (SSSR count). The lowest BCUT2D eigenvalue weighted by Crippen LogP contribution is -2.61. The molecule has 1 fully saturated rings. The fourth-order valence-electron chi connectivity index (χ4n) is 4.74. The van der Waals surface area contributed by atoms with Crippen molar-refractivity contribution >= 4 is 17.9 Å². The van der Waals surface area contributed by atoms with Gasteiger partial charge in [0, 0.05) is 11.6 Å². The Bertz CT molecular complexity index is 912. The highest BCUT2D eigenvalue weighted by molar-refractivity contribution is 5.93. The number of nitrogens with zero attached hydrogens (tertiary/aromatic N) is 1. The molecule has 0 radical (unpaired) electrons. The maximum absolute atomic E-state index is 14.3. The molecule has 7 heteroatoms. The van der Waals surface area contributed by atoms with Gasteiger partial charge in [0.2, 0.25) is 11.8 Å². The van der Waals surface area contributed by atoms with Gasteiger partial charge in [-0.15, -0.1) is 0 Å². The number of nitrogens with one attached hydrogen (secondary N) is 2. The van der Waals surface area contributed by atoms with Crippen molar-refractivity contribution in [3.8, 4) is 0 Å². The van der Waals surface area contributed by atoms with E-state index in [2.05, 4.69) is 10.6 Å². The van der Waals surface area contributed by atoms with E-state index in [-0.39, 0.29) is 23.8 Å². The monoisotopic (exact) mass is 515 g/mol. The average molecular weight is 516 g/mol. The molecule has 0 saturated heterocycles. The van der Waals surface area contributed by atoms with Gasteiger partial charge in [-0.05, 0) is 72.3 Å². The zero-order valence-electron chi connectivity index (χ0n) is 24.4. The number of alkyl carbamates (subject to hydrolysis) is 1. The van der Waals surface area contributed by atoms with Crippen LogP contribution in [0.25, 0.3) is 0 Å². The Hall–Kier alpha value is -2.57. The Kier molecular flexibility index (Phi) is 10.6. The molecule has 0 aliphatic heterocycles. The van der Waals surface area contributed by atoms with Gasteiger partial charge in [0.05, 0.1) is 0 Å². The van der Waals surface area contributed by atoms with Gasteiger partial charge in [0.1, 0.15) is 17.7 Å². The average Bonchev–Trinajstić information content (AvgIpc) is 2.80. The third-order valence-electron chi connectivity index (χ3n) is 7.21. The third-order valence-corrected chi connectivity index (χ3v) is 7.21. The molecule has 0 heterocycles. The summed E-state index contributed by atoms with van der Waals surface area (Å²) < 4.78 is 5.47. The molecular weight excluding hydrogens is 466 g/mol. The quantitative estimate of drug-likeness (QED) is 0.419. The van der Waals surface area contributed by atoms with Gasteiger partial charge in [-0.1, -0.05) is 69.9 Å². The van der Waals surface area contributed by atoms with Crippen LogP contribution < -0.4 is 10.6 Å². The van der Waals surface area contributed by atoms with E-state index in [0.29, 0.717) is 6.42 Å². The first-order chi connectivity index (χ1) is 17.2. The van der Waals surface area contributed by atoms with Crippen LogP contribution in [0.1, 0.15) is 111 Å². The molecule has 3 amide bonds. The second kappa shape index (κ2) is 12.8. The topological polar surface area (TPSA) is 87.7 Å². The summed E-state index contributed by atoms with van der Waals surface area (Å²) in [6.07, 6.45) is 5.27. The normalized spacial score (nSPS) is 16.6. The van der Waals surface area contributed by atoms with Gasteiger partial charge in [-0.25, -0.2) is 4.79 Å². The largest absolute Gasteiger partial charge is 0.444 e. The molecular formula is C30H49N3O4. The van der Waals surface area contributed by atoms with Crippen LogP contribution >= 0.6 is 0 Å². The molecule has 2 N–H and O–H groups in total. The minimum atomic E-state index is -0.851. The van der Waals surface area contributed by atoms with E-state index >= 15 is 0 Å². The van der Waals surface area contributed by atoms with E-state index in [1.54, 1.807) is 25.7 Å². The highest BCUT2D eigenvalue weighted by Gasteiger charge is 2.44. The molecule has 1 aromatic carbocycles. The molecule has 1 aliphatic carbocycles. The summed E-state index contributed by atoms with van der Waals surface area (Å²) in [5.74, 6) is -0.683. The smallest absolute Gasteiger partial charge is 0.408 e. The molecule has 1 saturated carbocycles. The molecule has 37 heavy (non-hydrogen) atoms. The second-order valence-electron chi connectivity index (χ2n) is 12.4. The number of hydrogen-bond acceptors (Lipinski definition) is 4. The van der Waals surface area contributed by atoms with Crippen LogP contribution in [-0.4, -0.2) is 46.0 Å². The van der Waals surface area contributed by atoms with E-state index in [0.717, 1.165) is 36.8 Å². The lowest BCUT2D eigenvalue weighted by Gasteiger charge is -2.45. The van der Waals surface area contributed by atoms with E-state index in [1.165, 1.54) is 6.42 Å². The zero-order chi connectivity index (χ0) is 28.0.